The van der Waals surface area contributed by atoms with Gasteiger partial charge in [-0.2, -0.15) is 0 Å². The summed E-state index contributed by atoms with van der Waals surface area (Å²) in [6, 6.07) is 11.5. The summed E-state index contributed by atoms with van der Waals surface area (Å²) in [7, 11) is 3.70. The number of aryl methyl sites for hydroxylation is 2. The standard InChI is InChI=1S/C20H23N5O2/c1-22-9-5-6-15(19(22)26)20(27)25-12-10-24(11-13-25)14-18-21-16-7-3-4-8-17(16)23(18)2/h3-9H,10-14H2,1-2H3. The molecule has 7 nitrogen and oxygen atoms in total. The monoisotopic (exact) mass is 365 g/mol. The highest BCUT2D eigenvalue weighted by molar-refractivity contribution is 5.93. The Morgan fingerprint density at radius 2 is 1.78 bits per heavy atom. The van der Waals surface area contributed by atoms with E-state index in [1.807, 2.05) is 25.2 Å². The molecule has 1 aromatic carbocycles. The summed E-state index contributed by atoms with van der Waals surface area (Å²) >= 11 is 0. The lowest BCUT2D eigenvalue weighted by Crippen LogP contribution is -2.49. The number of hydrogen-bond donors (Lipinski definition) is 0. The largest absolute Gasteiger partial charge is 0.336 e. The van der Waals surface area contributed by atoms with E-state index in [4.69, 9.17) is 4.98 Å². The van der Waals surface area contributed by atoms with Crippen molar-refractivity contribution in [1.82, 2.24) is 23.9 Å². The van der Waals surface area contributed by atoms with Crippen molar-refractivity contribution in [2.75, 3.05) is 26.2 Å². The van der Waals surface area contributed by atoms with Crippen molar-refractivity contribution in [2.45, 2.75) is 6.54 Å². The van der Waals surface area contributed by atoms with Crippen molar-refractivity contribution in [3.8, 4) is 0 Å². The molecule has 3 aromatic rings. The molecule has 0 bridgehead atoms. The third kappa shape index (κ3) is 3.26. The molecule has 1 aliphatic rings. The van der Waals surface area contributed by atoms with Gasteiger partial charge in [-0.3, -0.25) is 14.5 Å². The van der Waals surface area contributed by atoms with Crippen molar-refractivity contribution in [3.05, 3.63) is 64.3 Å². The van der Waals surface area contributed by atoms with Gasteiger partial charge in [0.15, 0.2) is 0 Å². The van der Waals surface area contributed by atoms with E-state index in [2.05, 4.69) is 15.5 Å². The Balaban J connectivity index is 1.43. The zero-order valence-corrected chi connectivity index (χ0v) is 15.6. The highest BCUT2D eigenvalue weighted by Crippen LogP contribution is 2.16. The lowest BCUT2D eigenvalue weighted by Gasteiger charge is -2.34. The molecule has 0 N–H and O–H groups in total. The Morgan fingerprint density at radius 3 is 2.52 bits per heavy atom. The number of para-hydroxylation sites is 2. The fourth-order valence-electron chi connectivity index (χ4n) is 3.58. The second-order valence-corrected chi connectivity index (χ2v) is 6.98. The van der Waals surface area contributed by atoms with Gasteiger partial charge in [0, 0.05) is 46.5 Å². The number of rotatable bonds is 3. The van der Waals surface area contributed by atoms with Crippen LogP contribution in [0.15, 0.2) is 47.4 Å². The van der Waals surface area contributed by atoms with Crippen molar-refractivity contribution >= 4 is 16.9 Å². The number of benzene rings is 1. The number of carbonyl (C=O) groups excluding carboxylic acids is 1. The van der Waals surface area contributed by atoms with E-state index in [1.54, 1.807) is 30.3 Å². The van der Waals surface area contributed by atoms with E-state index in [1.165, 1.54) is 4.57 Å². The Kier molecular flexibility index (Phi) is 4.53. The molecule has 27 heavy (non-hydrogen) atoms. The number of amides is 1. The summed E-state index contributed by atoms with van der Waals surface area (Å²) in [6.45, 7) is 3.51. The molecule has 1 fully saturated rings. The van der Waals surface area contributed by atoms with E-state index in [0.717, 1.165) is 36.5 Å². The summed E-state index contributed by atoms with van der Waals surface area (Å²) < 4.78 is 3.57. The maximum absolute atomic E-state index is 12.7. The van der Waals surface area contributed by atoms with Crippen molar-refractivity contribution < 1.29 is 4.79 Å². The van der Waals surface area contributed by atoms with Crippen LogP contribution in [0.3, 0.4) is 0 Å². The molecular formula is C20H23N5O2. The average molecular weight is 365 g/mol. The van der Waals surface area contributed by atoms with Gasteiger partial charge < -0.3 is 14.0 Å². The van der Waals surface area contributed by atoms with Crippen LogP contribution < -0.4 is 5.56 Å². The molecule has 1 saturated heterocycles. The number of pyridine rings is 1. The fourth-order valence-corrected chi connectivity index (χ4v) is 3.58. The number of aromatic nitrogens is 3. The topological polar surface area (TPSA) is 63.4 Å². The number of carbonyl (C=O) groups is 1. The molecule has 4 rings (SSSR count). The second-order valence-electron chi connectivity index (χ2n) is 6.98. The smallest absolute Gasteiger partial charge is 0.263 e. The van der Waals surface area contributed by atoms with Gasteiger partial charge in [0.05, 0.1) is 17.6 Å². The van der Waals surface area contributed by atoms with Crippen molar-refractivity contribution in [1.29, 1.82) is 0 Å². The van der Waals surface area contributed by atoms with Crippen LogP contribution in [0.25, 0.3) is 11.0 Å². The summed E-state index contributed by atoms with van der Waals surface area (Å²) in [5.74, 6) is 0.839. The molecule has 0 aliphatic carbocycles. The Bertz CT molecular complexity index is 1040. The predicted molar refractivity (Wildman–Crippen MR) is 104 cm³/mol. The maximum Gasteiger partial charge on any atom is 0.263 e. The molecule has 2 aromatic heterocycles. The Hall–Kier alpha value is -2.93. The van der Waals surface area contributed by atoms with Crippen LogP contribution in [0.4, 0.5) is 0 Å². The summed E-state index contributed by atoms with van der Waals surface area (Å²) in [5.41, 5.74) is 2.12. The van der Waals surface area contributed by atoms with Crippen LogP contribution >= 0.6 is 0 Å². The molecule has 3 heterocycles. The van der Waals surface area contributed by atoms with E-state index in [-0.39, 0.29) is 17.0 Å². The van der Waals surface area contributed by atoms with Gasteiger partial charge in [0.25, 0.3) is 11.5 Å². The SMILES string of the molecule is Cn1cccc(C(=O)N2CCN(Cc3nc4ccccc4n3C)CC2)c1=O. The maximum atomic E-state index is 12.7. The highest BCUT2D eigenvalue weighted by Gasteiger charge is 2.24. The van der Waals surface area contributed by atoms with Crippen LogP contribution in [0.2, 0.25) is 0 Å². The summed E-state index contributed by atoms with van der Waals surface area (Å²) in [5, 5.41) is 0. The normalized spacial score (nSPS) is 15.4. The minimum Gasteiger partial charge on any atom is -0.336 e. The number of hydrogen-bond acceptors (Lipinski definition) is 4. The first-order valence-corrected chi connectivity index (χ1v) is 9.12. The first-order valence-electron chi connectivity index (χ1n) is 9.12. The van der Waals surface area contributed by atoms with Crippen LogP contribution in [0, 0.1) is 0 Å². The zero-order valence-electron chi connectivity index (χ0n) is 15.6. The van der Waals surface area contributed by atoms with E-state index >= 15 is 0 Å². The average Bonchev–Trinajstić information content (AvgIpc) is 3.00. The number of piperazine rings is 1. The number of imidazole rings is 1. The van der Waals surface area contributed by atoms with Crippen LogP contribution in [0.1, 0.15) is 16.2 Å². The lowest BCUT2D eigenvalue weighted by atomic mass is 10.2. The van der Waals surface area contributed by atoms with Gasteiger partial charge in [-0.15, -0.1) is 0 Å². The first kappa shape index (κ1) is 17.5. The van der Waals surface area contributed by atoms with E-state index < -0.39 is 0 Å². The zero-order chi connectivity index (χ0) is 19.0. The Morgan fingerprint density at radius 1 is 1.04 bits per heavy atom. The molecule has 0 saturated carbocycles. The van der Waals surface area contributed by atoms with Gasteiger partial charge in [0.2, 0.25) is 0 Å². The molecule has 140 valence electrons. The predicted octanol–water partition coefficient (Wildman–Crippen LogP) is 1.23. The van der Waals surface area contributed by atoms with E-state index in [0.29, 0.717) is 13.1 Å². The fraction of sp³-hybridized carbons (Fsp3) is 0.350. The number of fused-ring (bicyclic) bond motifs is 1. The van der Waals surface area contributed by atoms with Gasteiger partial charge in [-0.1, -0.05) is 12.1 Å². The molecule has 1 aliphatic heterocycles. The Labute approximate surface area is 157 Å². The number of nitrogens with zero attached hydrogens (tertiary/aromatic N) is 5. The third-order valence-electron chi connectivity index (χ3n) is 5.26. The third-order valence-corrected chi connectivity index (χ3v) is 5.26. The minimum atomic E-state index is -0.246. The first-order chi connectivity index (χ1) is 13.0. The van der Waals surface area contributed by atoms with Crippen molar-refractivity contribution in [2.24, 2.45) is 14.1 Å². The van der Waals surface area contributed by atoms with Crippen LogP contribution in [0.5, 0.6) is 0 Å². The minimum absolute atomic E-state index is 0.182. The van der Waals surface area contributed by atoms with Gasteiger partial charge >= 0.3 is 0 Å². The molecule has 1 amide bonds. The van der Waals surface area contributed by atoms with Gasteiger partial charge in [0.1, 0.15) is 11.4 Å². The highest BCUT2D eigenvalue weighted by atomic mass is 16.2. The van der Waals surface area contributed by atoms with Crippen LogP contribution in [-0.2, 0) is 20.6 Å². The second kappa shape index (κ2) is 7.00. The van der Waals surface area contributed by atoms with Gasteiger partial charge in [-0.25, -0.2) is 4.98 Å². The molecule has 7 heteroatoms. The van der Waals surface area contributed by atoms with Crippen LogP contribution in [-0.4, -0.2) is 56.0 Å². The molecule has 0 unspecified atom stereocenters. The quantitative estimate of drug-likeness (QED) is 0.700. The van der Waals surface area contributed by atoms with Gasteiger partial charge in [-0.05, 0) is 24.3 Å². The summed E-state index contributed by atoms with van der Waals surface area (Å²) in [4.78, 5) is 33.7. The summed E-state index contributed by atoms with van der Waals surface area (Å²) in [6.07, 6.45) is 1.66. The molecule has 0 spiro atoms. The molecule has 0 atom stereocenters. The molecule has 0 radical (unpaired) electrons. The molecular weight excluding hydrogens is 342 g/mol. The van der Waals surface area contributed by atoms with Crippen molar-refractivity contribution in [3.63, 3.8) is 0 Å². The lowest BCUT2D eigenvalue weighted by molar-refractivity contribution is 0.0622. The van der Waals surface area contributed by atoms with E-state index in [9.17, 15) is 9.59 Å².